The van der Waals surface area contributed by atoms with Gasteiger partial charge in [0.25, 0.3) is 0 Å². The number of anilines is 1. The number of ether oxygens (including phenoxy) is 2. The molecule has 1 aliphatic heterocycles. The zero-order valence-corrected chi connectivity index (χ0v) is 19.9. The van der Waals surface area contributed by atoms with Gasteiger partial charge in [0, 0.05) is 32.6 Å². The molecule has 0 fully saturated rings. The molecule has 4 nitrogen and oxygen atoms in total. The first-order valence-electron chi connectivity index (χ1n) is 10.1. The summed E-state index contributed by atoms with van der Waals surface area (Å²) in [4.78, 5) is 12.4. The molecular weight excluding hydrogens is 474 g/mol. The molecule has 0 saturated carbocycles. The van der Waals surface area contributed by atoms with Crippen molar-refractivity contribution in [3.63, 3.8) is 0 Å². The Balaban J connectivity index is 1.40. The fraction of sp³-hybridized carbons (Fsp3) is 0.240. The molecule has 1 N–H and O–H groups in total. The third-order valence-corrected chi connectivity index (χ3v) is 6.62. The van der Waals surface area contributed by atoms with E-state index >= 15 is 0 Å². The van der Waals surface area contributed by atoms with Crippen LogP contribution in [-0.2, 0) is 21.9 Å². The van der Waals surface area contributed by atoms with E-state index < -0.39 is 6.29 Å². The topological polar surface area (TPSA) is 47.6 Å². The van der Waals surface area contributed by atoms with E-state index in [1.54, 1.807) is 11.8 Å². The first kappa shape index (κ1) is 21.9. The van der Waals surface area contributed by atoms with Crippen LogP contribution >= 0.6 is 27.7 Å². The van der Waals surface area contributed by atoms with Crippen molar-refractivity contribution < 1.29 is 14.3 Å². The molecule has 0 aromatic heterocycles. The minimum atomic E-state index is -0.424. The van der Waals surface area contributed by atoms with Crippen molar-refractivity contribution in [1.82, 2.24) is 0 Å². The molecule has 1 unspecified atom stereocenters. The summed E-state index contributed by atoms with van der Waals surface area (Å²) in [6.07, 6.45) is -0.424. The molecule has 1 atom stereocenters. The Kier molecular flexibility index (Phi) is 7.00. The maximum absolute atomic E-state index is 12.4. The van der Waals surface area contributed by atoms with Gasteiger partial charge in [0.15, 0.2) is 0 Å². The van der Waals surface area contributed by atoms with Gasteiger partial charge in [0.05, 0.1) is 12.4 Å². The highest BCUT2D eigenvalue weighted by atomic mass is 79.9. The number of halogens is 1. The average Bonchev–Trinajstić information content (AvgIpc) is 2.76. The van der Waals surface area contributed by atoms with Crippen LogP contribution in [0.5, 0.6) is 5.75 Å². The molecule has 0 aliphatic carbocycles. The molecule has 3 aromatic carbocycles. The molecule has 0 bridgehead atoms. The third-order valence-electron chi connectivity index (χ3n) is 5.18. The van der Waals surface area contributed by atoms with E-state index in [1.807, 2.05) is 61.5 Å². The molecule has 1 amide bonds. The standard InChI is InChI=1S/C25H24BrNO3S/c1-16-8-9-22(10-17(16)2)27-23(28)15-31-14-20-12-21(26)11-19-13-29-25(30-24(19)20)18-6-4-3-5-7-18/h3-12,25H,13-15H2,1-2H3,(H,27,28). The predicted molar refractivity (Wildman–Crippen MR) is 129 cm³/mol. The summed E-state index contributed by atoms with van der Waals surface area (Å²) >= 11 is 5.15. The molecule has 1 aliphatic rings. The number of hydrogen-bond acceptors (Lipinski definition) is 4. The van der Waals surface area contributed by atoms with Crippen molar-refractivity contribution in [3.8, 4) is 5.75 Å². The van der Waals surface area contributed by atoms with Gasteiger partial charge in [-0.3, -0.25) is 4.79 Å². The van der Waals surface area contributed by atoms with Crippen LogP contribution in [0.2, 0.25) is 0 Å². The largest absolute Gasteiger partial charge is 0.460 e. The summed E-state index contributed by atoms with van der Waals surface area (Å²) in [6.45, 7) is 4.59. The first-order valence-corrected chi connectivity index (χ1v) is 12.0. The Morgan fingerprint density at radius 3 is 2.68 bits per heavy atom. The molecule has 0 saturated heterocycles. The van der Waals surface area contributed by atoms with E-state index in [-0.39, 0.29) is 5.91 Å². The van der Waals surface area contributed by atoms with E-state index in [0.29, 0.717) is 18.1 Å². The van der Waals surface area contributed by atoms with Gasteiger partial charge in [0.2, 0.25) is 12.2 Å². The highest BCUT2D eigenvalue weighted by Crippen LogP contribution is 2.39. The van der Waals surface area contributed by atoms with Gasteiger partial charge in [-0.05, 0) is 49.2 Å². The van der Waals surface area contributed by atoms with Crippen LogP contribution in [0, 0.1) is 13.8 Å². The number of nitrogens with one attached hydrogen (secondary N) is 1. The number of carbonyl (C=O) groups excluding carboxylic acids is 1. The number of thioether (sulfide) groups is 1. The van der Waals surface area contributed by atoms with Gasteiger partial charge >= 0.3 is 0 Å². The molecule has 0 radical (unpaired) electrons. The lowest BCUT2D eigenvalue weighted by molar-refractivity contribution is -0.113. The van der Waals surface area contributed by atoms with Crippen LogP contribution in [0.25, 0.3) is 0 Å². The first-order chi connectivity index (χ1) is 15.0. The third kappa shape index (κ3) is 5.50. The number of fused-ring (bicyclic) bond motifs is 1. The van der Waals surface area contributed by atoms with Crippen molar-refractivity contribution >= 4 is 39.3 Å². The smallest absolute Gasteiger partial charge is 0.234 e. The van der Waals surface area contributed by atoms with E-state index in [0.717, 1.165) is 32.6 Å². The fourth-order valence-electron chi connectivity index (χ4n) is 3.43. The molecule has 4 rings (SSSR count). The minimum Gasteiger partial charge on any atom is -0.460 e. The number of benzene rings is 3. The highest BCUT2D eigenvalue weighted by molar-refractivity contribution is 9.10. The number of rotatable bonds is 6. The van der Waals surface area contributed by atoms with E-state index in [4.69, 9.17) is 9.47 Å². The lowest BCUT2D eigenvalue weighted by atomic mass is 10.1. The summed E-state index contributed by atoms with van der Waals surface area (Å²) < 4.78 is 13.1. The lowest BCUT2D eigenvalue weighted by Crippen LogP contribution is -2.19. The second kappa shape index (κ2) is 9.90. The van der Waals surface area contributed by atoms with Crippen LogP contribution in [0.3, 0.4) is 0 Å². The Morgan fingerprint density at radius 1 is 1.10 bits per heavy atom. The molecule has 1 heterocycles. The SMILES string of the molecule is Cc1ccc(NC(=O)CSCc2cc(Br)cc3c2OC(c2ccccc2)OC3)cc1C. The molecular formula is C25H24BrNO3S. The minimum absolute atomic E-state index is 0.0106. The van der Waals surface area contributed by atoms with Crippen molar-refractivity contribution in [3.05, 3.63) is 93.0 Å². The monoisotopic (exact) mass is 497 g/mol. The molecule has 6 heteroatoms. The van der Waals surface area contributed by atoms with Crippen molar-refractivity contribution in [2.45, 2.75) is 32.5 Å². The van der Waals surface area contributed by atoms with Gasteiger partial charge in [-0.1, -0.05) is 52.3 Å². The molecule has 0 spiro atoms. The summed E-state index contributed by atoms with van der Waals surface area (Å²) in [7, 11) is 0. The summed E-state index contributed by atoms with van der Waals surface area (Å²) in [5.74, 6) is 1.88. The number of hydrogen-bond donors (Lipinski definition) is 1. The fourth-order valence-corrected chi connectivity index (χ4v) is 4.78. The molecule has 31 heavy (non-hydrogen) atoms. The Bertz CT molecular complexity index is 1090. The van der Waals surface area contributed by atoms with Gasteiger partial charge in [0.1, 0.15) is 5.75 Å². The van der Waals surface area contributed by atoms with Crippen LogP contribution < -0.4 is 10.1 Å². The molecule has 160 valence electrons. The predicted octanol–water partition coefficient (Wildman–Crippen LogP) is 6.55. The number of aryl methyl sites for hydroxylation is 2. The quantitative estimate of drug-likeness (QED) is 0.419. The van der Waals surface area contributed by atoms with Crippen LogP contribution in [0.4, 0.5) is 5.69 Å². The van der Waals surface area contributed by atoms with E-state index in [9.17, 15) is 4.79 Å². The Morgan fingerprint density at radius 2 is 1.90 bits per heavy atom. The van der Waals surface area contributed by atoms with Crippen LogP contribution in [-0.4, -0.2) is 11.7 Å². The summed E-state index contributed by atoms with van der Waals surface area (Å²) in [6, 6.07) is 20.0. The molecule has 3 aromatic rings. The van der Waals surface area contributed by atoms with Crippen LogP contribution in [0.1, 0.15) is 34.1 Å². The Hall–Kier alpha value is -2.28. The summed E-state index contributed by atoms with van der Waals surface area (Å²) in [5, 5.41) is 2.98. The number of amides is 1. The highest BCUT2D eigenvalue weighted by Gasteiger charge is 2.24. The van der Waals surface area contributed by atoms with Gasteiger partial charge < -0.3 is 14.8 Å². The van der Waals surface area contributed by atoms with Gasteiger partial charge in [-0.15, -0.1) is 11.8 Å². The van der Waals surface area contributed by atoms with Crippen molar-refractivity contribution in [2.75, 3.05) is 11.1 Å². The number of carbonyl (C=O) groups is 1. The zero-order chi connectivity index (χ0) is 21.8. The second-order valence-electron chi connectivity index (χ2n) is 7.56. The normalized spacial score (nSPS) is 15.1. The maximum atomic E-state index is 12.4. The summed E-state index contributed by atoms with van der Waals surface area (Å²) in [5.41, 5.74) is 6.26. The maximum Gasteiger partial charge on any atom is 0.234 e. The Labute approximate surface area is 195 Å². The van der Waals surface area contributed by atoms with Crippen molar-refractivity contribution in [2.24, 2.45) is 0 Å². The van der Waals surface area contributed by atoms with E-state index in [2.05, 4.69) is 34.2 Å². The van der Waals surface area contributed by atoms with Crippen molar-refractivity contribution in [1.29, 1.82) is 0 Å². The zero-order valence-electron chi connectivity index (χ0n) is 17.5. The van der Waals surface area contributed by atoms with E-state index in [1.165, 1.54) is 11.1 Å². The average molecular weight is 498 g/mol. The lowest BCUT2D eigenvalue weighted by Gasteiger charge is -2.28. The van der Waals surface area contributed by atoms with Crippen LogP contribution in [0.15, 0.2) is 65.1 Å². The van der Waals surface area contributed by atoms with Gasteiger partial charge in [-0.2, -0.15) is 0 Å². The second-order valence-corrected chi connectivity index (χ2v) is 9.47. The van der Waals surface area contributed by atoms with Gasteiger partial charge in [-0.25, -0.2) is 0 Å².